The van der Waals surface area contributed by atoms with E-state index in [1.807, 2.05) is 27.7 Å². The zero-order valence-corrected chi connectivity index (χ0v) is 14.2. The van der Waals surface area contributed by atoms with Crippen molar-refractivity contribution < 1.29 is 9.90 Å². The van der Waals surface area contributed by atoms with E-state index in [0.717, 1.165) is 25.4 Å². The highest BCUT2D eigenvalue weighted by molar-refractivity contribution is 5.81. The molecule has 0 aromatic rings. The van der Waals surface area contributed by atoms with Gasteiger partial charge in [0.25, 0.3) is 0 Å². The summed E-state index contributed by atoms with van der Waals surface area (Å²) in [5.41, 5.74) is -0.354. The standard InChI is InChI=1S/C17H32N2O2/c1-11-6-15(7-11)19-9-13(12(2)20)8-14(10-19)18-16(21)17(3,4)5/h11-15,20H,6-10H2,1-5H3,(H,18,21). The fraction of sp³-hybridized carbons (Fsp3) is 0.941. The molecule has 3 unspecified atom stereocenters. The van der Waals surface area contributed by atoms with Crippen molar-refractivity contribution in [1.29, 1.82) is 0 Å². The Morgan fingerprint density at radius 2 is 1.86 bits per heavy atom. The Kier molecular flexibility index (Phi) is 4.99. The smallest absolute Gasteiger partial charge is 0.225 e. The van der Waals surface area contributed by atoms with E-state index < -0.39 is 0 Å². The van der Waals surface area contributed by atoms with Gasteiger partial charge in [-0.2, -0.15) is 0 Å². The van der Waals surface area contributed by atoms with Crippen LogP contribution < -0.4 is 5.32 Å². The molecule has 122 valence electrons. The van der Waals surface area contributed by atoms with Crippen molar-refractivity contribution in [3.63, 3.8) is 0 Å². The SMILES string of the molecule is CC1CC(N2CC(NC(=O)C(C)(C)C)CC(C(C)O)C2)C1. The fourth-order valence-electron chi connectivity index (χ4n) is 3.49. The number of rotatable bonds is 3. The van der Waals surface area contributed by atoms with Gasteiger partial charge in [0, 0.05) is 30.6 Å². The van der Waals surface area contributed by atoms with Gasteiger partial charge in [-0.15, -0.1) is 0 Å². The minimum atomic E-state index is -0.354. The molecule has 0 aromatic carbocycles. The van der Waals surface area contributed by atoms with E-state index >= 15 is 0 Å². The zero-order valence-electron chi connectivity index (χ0n) is 14.2. The van der Waals surface area contributed by atoms with Gasteiger partial charge in [-0.1, -0.05) is 27.7 Å². The van der Waals surface area contributed by atoms with Crippen LogP contribution in [0.3, 0.4) is 0 Å². The van der Waals surface area contributed by atoms with Crippen LogP contribution in [0.4, 0.5) is 0 Å². The molecule has 2 rings (SSSR count). The van der Waals surface area contributed by atoms with Gasteiger partial charge in [-0.05, 0) is 38.0 Å². The third kappa shape index (κ3) is 4.19. The second-order valence-corrected chi connectivity index (χ2v) is 8.34. The van der Waals surface area contributed by atoms with Crippen molar-refractivity contribution in [3.05, 3.63) is 0 Å². The number of aliphatic hydroxyl groups is 1. The van der Waals surface area contributed by atoms with E-state index in [1.54, 1.807) is 0 Å². The summed E-state index contributed by atoms with van der Waals surface area (Å²) >= 11 is 0. The Balaban J connectivity index is 1.98. The lowest BCUT2D eigenvalue weighted by Crippen LogP contribution is -2.58. The molecule has 0 spiro atoms. The van der Waals surface area contributed by atoms with Gasteiger partial charge in [0.2, 0.25) is 5.91 Å². The van der Waals surface area contributed by atoms with E-state index in [9.17, 15) is 9.90 Å². The van der Waals surface area contributed by atoms with Crippen LogP contribution in [-0.2, 0) is 4.79 Å². The molecule has 2 N–H and O–H groups in total. The van der Waals surface area contributed by atoms with Gasteiger partial charge in [0.15, 0.2) is 0 Å². The number of carbonyl (C=O) groups is 1. The maximum Gasteiger partial charge on any atom is 0.225 e. The highest BCUT2D eigenvalue weighted by Gasteiger charge is 2.38. The number of likely N-dealkylation sites (tertiary alicyclic amines) is 1. The molecular weight excluding hydrogens is 264 g/mol. The molecule has 4 heteroatoms. The van der Waals surface area contributed by atoms with Gasteiger partial charge in [0.05, 0.1) is 6.10 Å². The second-order valence-electron chi connectivity index (χ2n) is 8.34. The van der Waals surface area contributed by atoms with Gasteiger partial charge in [-0.25, -0.2) is 0 Å². The van der Waals surface area contributed by atoms with E-state index in [0.29, 0.717) is 6.04 Å². The fourth-order valence-corrected chi connectivity index (χ4v) is 3.49. The Bertz CT molecular complexity index is 369. The monoisotopic (exact) mass is 296 g/mol. The Morgan fingerprint density at radius 1 is 1.24 bits per heavy atom. The van der Waals surface area contributed by atoms with E-state index in [2.05, 4.69) is 17.1 Å². The van der Waals surface area contributed by atoms with Crippen molar-refractivity contribution >= 4 is 5.91 Å². The average molecular weight is 296 g/mol. The minimum absolute atomic E-state index is 0.112. The molecule has 0 aromatic heterocycles. The first-order valence-corrected chi connectivity index (χ1v) is 8.40. The van der Waals surface area contributed by atoms with Crippen LogP contribution in [0.2, 0.25) is 0 Å². The molecule has 1 amide bonds. The van der Waals surface area contributed by atoms with Crippen molar-refractivity contribution in [3.8, 4) is 0 Å². The van der Waals surface area contributed by atoms with Crippen LogP contribution >= 0.6 is 0 Å². The summed E-state index contributed by atoms with van der Waals surface area (Å²) in [6.07, 6.45) is 3.09. The van der Waals surface area contributed by atoms with E-state index in [-0.39, 0.29) is 29.4 Å². The molecule has 1 aliphatic heterocycles. The van der Waals surface area contributed by atoms with Crippen LogP contribution in [0, 0.1) is 17.3 Å². The Labute approximate surface area is 129 Å². The van der Waals surface area contributed by atoms with Gasteiger partial charge in [-0.3, -0.25) is 9.69 Å². The summed E-state index contributed by atoms with van der Waals surface area (Å²) in [5.74, 6) is 1.20. The molecule has 2 fully saturated rings. The number of piperidine rings is 1. The largest absolute Gasteiger partial charge is 0.393 e. The normalized spacial score (nSPS) is 35.9. The summed E-state index contributed by atoms with van der Waals surface area (Å²) in [4.78, 5) is 14.7. The number of nitrogens with one attached hydrogen (secondary N) is 1. The molecule has 0 bridgehead atoms. The first-order chi connectivity index (χ1) is 9.66. The number of carbonyl (C=O) groups excluding carboxylic acids is 1. The summed E-state index contributed by atoms with van der Waals surface area (Å²) in [6, 6.07) is 0.816. The molecule has 2 aliphatic rings. The maximum atomic E-state index is 12.2. The lowest BCUT2D eigenvalue weighted by atomic mass is 9.78. The maximum absolute atomic E-state index is 12.2. The first-order valence-electron chi connectivity index (χ1n) is 8.40. The quantitative estimate of drug-likeness (QED) is 0.838. The summed E-state index contributed by atoms with van der Waals surface area (Å²) in [6.45, 7) is 11.9. The zero-order chi connectivity index (χ0) is 15.8. The van der Waals surface area contributed by atoms with Crippen molar-refractivity contribution in [2.75, 3.05) is 13.1 Å². The molecule has 1 heterocycles. The third-order valence-corrected chi connectivity index (χ3v) is 5.08. The first kappa shape index (κ1) is 16.8. The lowest BCUT2D eigenvalue weighted by molar-refractivity contribution is -0.130. The van der Waals surface area contributed by atoms with Crippen LogP contribution in [0.25, 0.3) is 0 Å². The van der Waals surface area contributed by atoms with E-state index in [4.69, 9.17) is 0 Å². The van der Waals surface area contributed by atoms with Gasteiger partial charge < -0.3 is 10.4 Å². The average Bonchev–Trinajstić information content (AvgIpc) is 2.33. The molecule has 1 aliphatic carbocycles. The lowest BCUT2D eigenvalue weighted by Gasteiger charge is -2.48. The van der Waals surface area contributed by atoms with Crippen molar-refractivity contribution in [2.45, 2.75) is 72.1 Å². The van der Waals surface area contributed by atoms with Crippen molar-refractivity contribution in [2.24, 2.45) is 17.3 Å². The minimum Gasteiger partial charge on any atom is -0.393 e. The summed E-state index contributed by atoms with van der Waals surface area (Å²) in [7, 11) is 0. The predicted molar refractivity (Wildman–Crippen MR) is 84.9 cm³/mol. The third-order valence-electron chi connectivity index (χ3n) is 5.08. The second kappa shape index (κ2) is 6.25. The molecule has 1 saturated carbocycles. The Hall–Kier alpha value is -0.610. The summed E-state index contributed by atoms with van der Waals surface area (Å²) in [5, 5.41) is 13.2. The van der Waals surface area contributed by atoms with Crippen LogP contribution in [0.5, 0.6) is 0 Å². The number of nitrogens with zero attached hydrogens (tertiary/aromatic N) is 1. The van der Waals surface area contributed by atoms with E-state index in [1.165, 1.54) is 12.8 Å². The van der Waals surface area contributed by atoms with Crippen LogP contribution in [-0.4, -0.2) is 47.2 Å². The topological polar surface area (TPSA) is 52.6 Å². The predicted octanol–water partition coefficient (Wildman–Crippen LogP) is 2.02. The number of hydrogen-bond donors (Lipinski definition) is 2. The van der Waals surface area contributed by atoms with Gasteiger partial charge >= 0.3 is 0 Å². The molecule has 3 atom stereocenters. The molecular formula is C17H32N2O2. The van der Waals surface area contributed by atoms with Crippen LogP contribution in [0.1, 0.15) is 53.9 Å². The molecule has 21 heavy (non-hydrogen) atoms. The Morgan fingerprint density at radius 3 is 2.33 bits per heavy atom. The highest BCUT2D eigenvalue weighted by Crippen LogP contribution is 2.34. The molecule has 0 radical (unpaired) electrons. The highest BCUT2D eigenvalue weighted by atomic mass is 16.3. The molecule has 1 saturated heterocycles. The van der Waals surface area contributed by atoms with Crippen molar-refractivity contribution in [1.82, 2.24) is 10.2 Å². The number of amides is 1. The summed E-state index contributed by atoms with van der Waals surface area (Å²) < 4.78 is 0. The number of aliphatic hydroxyl groups excluding tert-OH is 1. The number of hydrogen-bond acceptors (Lipinski definition) is 3. The van der Waals surface area contributed by atoms with Crippen LogP contribution in [0.15, 0.2) is 0 Å². The van der Waals surface area contributed by atoms with Gasteiger partial charge in [0.1, 0.15) is 0 Å². The molecule has 4 nitrogen and oxygen atoms in total.